The van der Waals surface area contributed by atoms with E-state index in [1.54, 1.807) is 32.9 Å². The van der Waals surface area contributed by atoms with Gasteiger partial charge in [-0.3, -0.25) is 0 Å². The molecule has 0 aliphatic carbocycles. The Morgan fingerprint density at radius 2 is 1.76 bits per heavy atom. The molecule has 1 aromatic rings. The van der Waals surface area contributed by atoms with Crippen LogP contribution in [0.2, 0.25) is 0 Å². The van der Waals surface area contributed by atoms with Crippen LogP contribution < -0.4 is 5.32 Å². The molecule has 0 aliphatic rings. The van der Waals surface area contributed by atoms with Gasteiger partial charge >= 0.3 is 12.1 Å². The highest BCUT2D eigenvalue weighted by Crippen LogP contribution is 2.22. The van der Waals surface area contributed by atoms with Gasteiger partial charge in [0.15, 0.2) is 5.54 Å². The molecule has 0 aromatic heterocycles. The van der Waals surface area contributed by atoms with Crippen molar-refractivity contribution in [3.8, 4) is 0 Å². The van der Waals surface area contributed by atoms with Gasteiger partial charge < -0.3 is 14.8 Å². The number of hydrogen-bond acceptors (Lipinski definition) is 4. The third-order valence-corrected chi connectivity index (χ3v) is 3.33. The second-order valence-corrected chi connectivity index (χ2v) is 7.50. The van der Waals surface area contributed by atoms with Crippen molar-refractivity contribution in [2.45, 2.75) is 58.8 Å². The Morgan fingerprint density at radius 1 is 1.16 bits per heavy atom. The summed E-state index contributed by atoms with van der Waals surface area (Å²) in [7, 11) is 0. The highest BCUT2D eigenvalue weighted by atomic mass is 19.1. The molecule has 140 valence electrons. The molecule has 1 unspecified atom stereocenters. The first-order valence-corrected chi connectivity index (χ1v) is 8.36. The number of rotatable bonds is 7. The maximum atomic E-state index is 13.9. The number of carbonyl (C=O) groups excluding carboxylic acids is 2. The molecule has 1 rings (SSSR count). The SMILES string of the molecule is CC(C)CC(CF)(NC(=O)OC(C)(C)C)C(=O)OCc1ccccc1. The van der Waals surface area contributed by atoms with Gasteiger partial charge in [-0.25, -0.2) is 14.0 Å². The van der Waals surface area contributed by atoms with E-state index in [4.69, 9.17) is 9.47 Å². The number of esters is 1. The lowest BCUT2D eigenvalue weighted by molar-refractivity contribution is -0.154. The molecule has 0 saturated carbocycles. The summed E-state index contributed by atoms with van der Waals surface area (Å²) >= 11 is 0. The Labute approximate surface area is 148 Å². The number of alkyl carbamates (subject to hydrolysis) is 1. The molecule has 5 nitrogen and oxygen atoms in total. The fraction of sp³-hybridized carbons (Fsp3) is 0.579. The fourth-order valence-electron chi connectivity index (χ4n) is 2.39. The van der Waals surface area contributed by atoms with Crippen LogP contribution in [0.25, 0.3) is 0 Å². The second-order valence-electron chi connectivity index (χ2n) is 7.50. The van der Waals surface area contributed by atoms with Gasteiger partial charge in [0.2, 0.25) is 0 Å². The molecule has 1 amide bonds. The normalized spacial score (nSPS) is 13.9. The standard InChI is InChI=1S/C19H28FNO4/c1-14(2)11-19(13-20,21-17(23)25-18(3,4)5)16(22)24-12-15-9-7-6-8-10-15/h6-10,14H,11-13H2,1-5H3,(H,21,23). The van der Waals surface area contributed by atoms with Gasteiger partial charge in [0.05, 0.1) is 0 Å². The molecule has 1 aromatic carbocycles. The zero-order chi connectivity index (χ0) is 19.1. The number of amides is 1. The summed E-state index contributed by atoms with van der Waals surface area (Å²) < 4.78 is 24.3. The molecule has 25 heavy (non-hydrogen) atoms. The predicted octanol–water partition coefficient (Wildman–Crippen LogP) is 4.01. The van der Waals surface area contributed by atoms with Crippen molar-refractivity contribution in [3.63, 3.8) is 0 Å². The third-order valence-electron chi connectivity index (χ3n) is 3.33. The molecule has 0 spiro atoms. The van der Waals surface area contributed by atoms with Crippen LogP contribution in [-0.2, 0) is 20.9 Å². The topological polar surface area (TPSA) is 64.6 Å². The molecule has 1 atom stereocenters. The Kier molecular flexibility index (Phi) is 7.39. The number of ether oxygens (including phenoxy) is 2. The van der Waals surface area contributed by atoms with E-state index in [2.05, 4.69) is 5.32 Å². The van der Waals surface area contributed by atoms with Crippen molar-refractivity contribution in [1.29, 1.82) is 0 Å². The van der Waals surface area contributed by atoms with Crippen LogP contribution in [0.15, 0.2) is 30.3 Å². The lowest BCUT2D eigenvalue weighted by Crippen LogP contribution is -2.58. The monoisotopic (exact) mass is 353 g/mol. The van der Waals surface area contributed by atoms with Crippen molar-refractivity contribution < 1.29 is 23.5 Å². The first-order chi connectivity index (χ1) is 11.6. The second kappa shape index (κ2) is 8.83. The molecular weight excluding hydrogens is 325 g/mol. The number of carbonyl (C=O) groups is 2. The zero-order valence-electron chi connectivity index (χ0n) is 15.6. The highest BCUT2D eigenvalue weighted by Gasteiger charge is 2.43. The zero-order valence-corrected chi connectivity index (χ0v) is 15.6. The molecular formula is C19H28FNO4. The molecule has 0 bridgehead atoms. The molecule has 0 fully saturated rings. The van der Waals surface area contributed by atoms with Crippen molar-refractivity contribution in [3.05, 3.63) is 35.9 Å². The summed E-state index contributed by atoms with van der Waals surface area (Å²) in [5.74, 6) is -0.839. The van der Waals surface area contributed by atoms with E-state index in [0.29, 0.717) is 0 Å². The van der Waals surface area contributed by atoms with Gasteiger partial charge in [0, 0.05) is 0 Å². The van der Waals surface area contributed by atoms with Crippen LogP contribution in [0, 0.1) is 5.92 Å². The smallest absolute Gasteiger partial charge is 0.408 e. The first-order valence-electron chi connectivity index (χ1n) is 8.36. The minimum absolute atomic E-state index is 0.00944. The molecule has 0 heterocycles. The van der Waals surface area contributed by atoms with Gasteiger partial charge in [0.1, 0.15) is 18.9 Å². The van der Waals surface area contributed by atoms with E-state index < -0.39 is 29.9 Å². The van der Waals surface area contributed by atoms with Crippen LogP contribution in [0.3, 0.4) is 0 Å². The van der Waals surface area contributed by atoms with Crippen LogP contribution in [0.4, 0.5) is 9.18 Å². The van der Waals surface area contributed by atoms with E-state index >= 15 is 0 Å². The first kappa shape index (κ1) is 20.9. The van der Waals surface area contributed by atoms with E-state index in [1.165, 1.54) is 0 Å². The molecule has 0 aliphatic heterocycles. The van der Waals surface area contributed by atoms with Gasteiger partial charge in [-0.1, -0.05) is 44.2 Å². The summed E-state index contributed by atoms with van der Waals surface area (Å²) in [5, 5.41) is 2.39. The minimum Gasteiger partial charge on any atom is -0.459 e. The Hall–Kier alpha value is -2.11. The van der Waals surface area contributed by atoms with E-state index in [-0.39, 0.29) is 18.9 Å². The van der Waals surface area contributed by atoms with Gasteiger partial charge in [-0.05, 0) is 38.7 Å². The van der Waals surface area contributed by atoms with E-state index in [9.17, 15) is 14.0 Å². The Morgan fingerprint density at radius 3 is 2.24 bits per heavy atom. The minimum atomic E-state index is -1.76. The lowest BCUT2D eigenvalue weighted by Gasteiger charge is -2.32. The van der Waals surface area contributed by atoms with Crippen molar-refractivity contribution >= 4 is 12.1 Å². The molecule has 6 heteroatoms. The van der Waals surface area contributed by atoms with Crippen LogP contribution in [0.1, 0.15) is 46.6 Å². The molecule has 1 N–H and O–H groups in total. The number of hydrogen-bond donors (Lipinski definition) is 1. The van der Waals surface area contributed by atoms with E-state index in [1.807, 2.05) is 32.0 Å². The average molecular weight is 353 g/mol. The van der Waals surface area contributed by atoms with Crippen molar-refractivity contribution in [2.24, 2.45) is 5.92 Å². The highest BCUT2D eigenvalue weighted by molar-refractivity contribution is 5.86. The van der Waals surface area contributed by atoms with Gasteiger partial charge in [0.25, 0.3) is 0 Å². The molecule has 0 radical (unpaired) electrons. The van der Waals surface area contributed by atoms with Gasteiger partial charge in [-0.2, -0.15) is 0 Å². The van der Waals surface area contributed by atoms with E-state index in [0.717, 1.165) is 5.56 Å². The largest absolute Gasteiger partial charge is 0.459 e. The lowest BCUT2D eigenvalue weighted by atomic mass is 9.90. The Balaban J connectivity index is 2.89. The average Bonchev–Trinajstić information content (AvgIpc) is 2.50. The fourth-order valence-corrected chi connectivity index (χ4v) is 2.39. The maximum Gasteiger partial charge on any atom is 0.408 e. The number of benzene rings is 1. The quantitative estimate of drug-likeness (QED) is 0.752. The van der Waals surface area contributed by atoms with Gasteiger partial charge in [-0.15, -0.1) is 0 Å². The van der Waals surface area contributed by atoms with Crippen LogP contribution in [-0.4, -0.2) is 29.9 Å². The number of halogens is 1. The number of alkyl halides is 1. The maximum absolute atomic E-state index is 13.9. The number of nitrogens with one attached hydrogen (secondary N) is 1. The predicted molar refractivity (Wildman–Crippen MR) is 93.8 cm³/mol. The Bertz CT molecular complexity index is 569. The summed E-state index contributed by atoms with van der Waals surface area (Å²) in [6.07, 6.45) is -0.737. The van der Waals surface area contributed by atoms with Crippen LogP contribution >= 0.6 is 0 Å². The summed E-state index contributed by atoms with van der Waals surface area (Å²) in [4.78, 5) is 24.7. The third kappa shape index (κ3) is 7.11. The van der Waals surface area contributed by atoms with Crippen LogP contribution in [0.5, 0.6) is 0 Å². The summed E-state index contributed by atoms with van der Waals surface area (Å²) in [6, 6.07) is 9.08. The molecule has 0 saturated heterocycles. The van der Waals surface area contributed by atoms with Crippen molar-refractivity contribution in [1.82, 2.24) is 5.32 Å². The summed E-state index contributed by atoms with van der Waals surface area (Å²) in [5.41, 5.74) is -1.73. The van der Waals surface area contributed by atoms with Crippen molar-refractivity contribution in [2.75, 3.05) is 6.67 Å². The summed E-state index contributed by atoms with van der Waals surface area (Å²) in [6.45, 7) is 7.70.